The Kier molecular flexibility index (Phi) is 3.00. The summed E-state index contributed by atoms with van der Waals surface area (Å²) < 4.78 is 5.22. The zero-order valence-electron chi connectivity index (χ0n) is 8.91. The minimum absolute atomic E-state index is 0.281. The Morgan fingerprint density at radius 2 is 2.21 bits per heavy atom. The molecule has 1 atom stereocenters. The Hall–Kier alpha value is -1.24. The van der Waals surface area contributed by atoms with Crippen LogP contribution in [0.15, 0.2) is 0 Å². The average molecular weight is 196 g/mol. The fraction of sp³-hybridized carbons (Fsp3) is 0.800. The quantitative estimate of drug-likeness (QED) is 0.468. The molecule has 78 valence electrons. The van der Waals surface area contributed by atoms with Gasteiger partial charge in [-0.05, 0) is 33.6 Å². The fourth-order valence-corrected chi connectivity index (χ4v) is 1.50. The van der Waals surface area contributed by atoms with E-state index in [1.54, 1.807) is 0 Å². The second-order valence-electron chi connectivity index (χ2n) is 4.48. The summed E-state index contributed by atoms with van der Waals surface area (Å²) in [5.41, 5.74) is -0.471. The van der Waals surface area contributed by atoms with E-state index in [-0.39, 0.29) is 12.0 Å². The number of carbonyl (C=O) groups is 1. The van der Waals surface area contributed by atoms with Gasteiger partial charge in [-0.15, -0.1) is 0 Å². The van der Waals surface area contributed by atoms with E-state index in [2.05, 4.69) is 0 Å². The van der Waals surface area contributed by atoms with Crippen molar-refractivity contribution in [1.82, 2.24) is 4.90 Å². The number of hydrogen-bond acceptors (Lipinski definition) is 4. The van der Waals surface area contributed by atoms with Gasteiger partial charge in [-0.2, -0.15) is 5.26 Å². The molecular weight excluding hydrogens is 180 g/mol. The predicted octanol–water partition coefficient (Wildman–Crippen LogP) is 1.27. The highest BCUT2D eigenvalue weighted by Crippen LogP contribution is 2.19. The van der Waals surface area contributed by atoms with Crippen molar-refractivity contribution in [1.29, 1.82) is 5.26 Å². The lowest BCUT2D eigenvalue weighted by Crippen LogP contribution is -2.38. The highest BCUT2D eigenvalue weighted by Gasteiger charge is 2.33. The van der Waals surface area contributed by atoms with Gasteiger partial charge in [0.25, 0.3) is 0 Å². The Morgan fingerprint density at radius 1 is 1.57 bits per heavy atom. The van der Waals surface area contributed by atoms with Gasteiger partial charge in [0.2, 0.25) is 0 Å². The molecule has 0 aromatic carbocycles. The Balaban J connectivity index is 2.57. The zero-order chi connectivity index (χ0) is 10.8. The lowest BCUT2D eigenvalue weighted by Gasteiger charge is -2.24. The molecule has 0 radical (unpaired) electrons. The van der Waals surface area contributed by atoms with Crippen molar-refractivity contribution in [3.05, 3.63) is 0 Å². The molecule has 4 heteroatoms. The number of hydrogen-bond donors (Lipinski definition) is 0. The van der Waals surface area contributed by atoms with Gasteiger partial charge in [0.05, 0.1) is 0 Å². The molecule has 0 amide bonds. The van der Waals surface area contributed by atoms with Crippen LogP contribution >= 0.6 is 0 Å². The second kappa shape index (κ2) is 3.87. The summed E-state index contributed by atoms with van der Waals surface area (Å²) in [7, 11) is 0. The van der Waals surface area contributed by atoms with Crippen LogP contribution in [0.1, 0.15) is 33.6 Å². The maximum Gasteiger partial charge on any atom is 0.330 e. The molecule has 0 N–H and O–H groups in total. The van der Waals surface area contributed by atoms with E-state index in [1.165, 1.54) is 4.90 Å². The summed E-state index contributed by atoms with van der Waals surface area (Å²) in [4.78, 5) is 13.1. The standard InChI is InChI=1S/C10H16N2O2/c1-10(2,3)14-9(13)8-5-4-6-12(8)7-11/h8H,4-6H2,1-3H3/t8-/m1/s1. The maximum atomic E-state index is 11.6. The number of esters is 1. The van der Waals surface area contributed by atoms with Crippen molar-refractivity contribution < 1.29 is 9.53 Å². The molecule has 0 spiro atoms. The van der Waals surface area contributed by atoms with Crippen molar-refractivity contribution in [3.63, 3.8) is 0 Å². The van der Waals surface area contributed by atoms with Crippen molar-refractivity contribution >= 4 is 5.97 Å². The zero-order valence-corrected chi connectivity index (χ0v) is 8.91. The highest BCUT2D eigenvalue weighted by atomic mass is 16.6. The van der Waals surface area contributed by atoms with Crippen LogP contribution < -0.4 is 0 Å². The van der Waals surface area contributed by atoms with E-state index < -0.39 is 5.60 Å². The normalized spacial score (nSPS) is 21.9. The van der Waals surface area contributed by atoms with E-state index >= 15 is 0 Å². The highest BCUT2D eigenvalue weighted by molar-refractivity contribution is 5.76. The third-order valence-electron chi connectivity index (χ3n) is 2.06. The number of likely N-dealkylation sites (tertiary alicyclic amines) is 1. The van der Waals surface area contributed by atoms with Crippen molar-refractivity contribution in [2.75, 3.05) is 6.54 Å². The largest absolute Gasteiger partial charge is 0.458 e. The SMILES string of the molecule is CC(C)(C)OC(=O)[C@H]1CCCN1C#N. The first-order chi connectivity index (χ1) is 6.44. The fourth-order valence-electron chi connectivity index (χ4n) is 1.50. The van der Waals surface area contributed by atoms with E-state index in [4.69, 9.17) is 10.00 Å². The van der Waals surface area contributed by atoms with E-state index in [0.717, 1.165) is 12.8 Å². The number of nitrogens with zero attached hydrogens (tertiary/aromatic N) is 2. The molecule has 1 rings (SSSR count). The second-order valence-corrected chi connectivity index (χ2v) is 4.48. The first-order valence-electron chi connectivity index (χ1n) is 4.83. The van der Waals surface area contributed by atoms with Crippen molar-refractivity contribution in [2.45, 2.75) is 45.3 Å². The minimum atomic E-state index is -0.471. The molecule has 1 heterocycles. The lowest BCUT2D eigenvalue weighted by molar-refractivity contribution is -0.159. The van der Waals surface area contributed by atoms with Gasteiger partial charge < -0.3 is 4.74 Å². The van der Waals surface area contributed by atoms with Crippen LogP contribution in [0.2, 0.25) is 0 Å². The third kappa shape index (κ3) is 2.63. The average Bonchev–Trinajstić information content (AvgIpc) is 2.47. The van der Waals surface area contributed by atoms with Crippen LogP contribution in [0, 0.1) is 11.5 Å². The van der Waals surface area contributed by atoms with Crippen molar-refractivity contribution in [2.24, 2.45) is 0 Å². The van der Waals surface area contributed by atoms with E-state index in [9.17, 15) is 4.79 Å². The molecular formula is C10H16N2O2. The third-order valence-corrected chi connectivity index (χ3v) is 2.06. The Bertz CT molecular complexity index is 262. The van der Waals surface area contributed by atoms with Crippen LogP contribution in [0.25, 0.3) is 0 Å². The number of rotatable bonds is 1. The summed E-state index contributed by atoms with van der Waals surface area (Å²) in [5, 5.41) is 8.75. The predicted molar refractivity (Wildman–Crippen MR) is 51.2 cm³/mol. The number of carbonyl (C=O) groups excluding carboxylic acids is 1. The molecule has 1 saturated heterocycles. The summed E-state index contributed by atoms with van der Waals surface area (Å²) in [6.07, 6.45) is 3.62. The summed E-state index contributed by atoms with van der Waals surface area (Å²) in [6.45, 7) is 6.16. The van der Waals surface area contributed by atoms with Gasteiger partial charge in [-0.3, -0.25) is 4.90 Å². The summed E-state index contributed by atoms with van der Waals surface area (Å²) >= 11 is 0. The van der Waals surface area contributed by atoms with Crippen molar-refractivity contribution in [3.8, 4) is 6.19 Å². The Morgan fingerprint density at radius 3 is 2.71 bits per heavy atom. The molecule has 1 aliphatic rings. The number of nitriles is 1. The molecule has 1 aliphatic heterocycles. The van der Waals surface area contributed by atoms with Gasteiger partial charge in [0.1, 0.15) is 11.6 Å². The molecule has 0 bridgehead atoms. The van der Waals surface area contributed by atoms with Crippen LogP contribution in [0.5, 0.6) is 0 Å². The van der Waals surface area contributed by atoms with Gasteiger partial charge in [-0.1, -0.05) is 0 Å². The summed E-state index contributed by atoms with van der Waals surface area (Å²) in [6, 6.07) is -0.362. The van der Waals surface area contributed by atoms with Gasteiger partial charge in [0, 0.05) is 6.54 Å². The first-order valence-corrected chi connectivity index (χ1v) is 4.83. The minimum Gasteiger partial charge on any atom is -0.458 e. The molecule has 0 saturated carbocycles. The van der Waals surface area contributed by atoms with Gasteiger partial charge in [-0.25, -0.2) is 4.79 Å². The molecule has 0 aromatic rings. The molecule has 1 fully saturated rings. The maximum absolute atomic E-state index is 11.6. The van der Waals surface area contributed by atoms with Crippen LogP contribution in [0.4, 0.5) is 0 Å². The first kappa shape index (κ1) is 10.8. The molecule has 0 aromatic heterocycles. The van der Waals surface area contributed by atoms with Crippen LogP contribution in [0.3, 0.4) is 0 Å². The monoisotopic (exact) mass is 196 g/mol. The molecule has 0 aliphatic carbocycles. The molecule has 14 heavy (non-hydrogen) atoms. The van der Waals surface area contributed by atoms with Gasteiger partial charge >= 0.3 is 5.97 Å². The molecule has 4 nitrogen and oxygen atoms in total. The van der Waals surface area contributed by atoms with Crippen LogP contribution in [-0.4, -0.2) is 29.1 Å². The van der Waals surface area contributed by atoms with Crippen LogP contribution in [-0.2, 0) is 9.53 Å². The van der Waals surface area contributed by atoms with E-state index in [1.807, 2.05) is 27.0 Å². The summed E-state index contributed by atoms with van der Waals surface area (Å²) in [5.74, 6) is -0.281. The number of ether oxygens (including phenoxy) is 1. The molecule has 0 unspecified atom stereocenters. The Labute approximate surface area is 84.4 Å². The topological polar surface area (TPSA) is 53.3 Å². The smallest absolute Gasteiger partial charge is 0.330 e. The van der Waals surface area contributed by atoms with Gasteiger partial charge in [0.15, 0.2) is 6.19 Å². The lowest BCUT2D eigenvalue weighted by atomic mass is 10.1. The van der Waals surface area contributed by atoms with E-state index in [0.29, 0.717) is 6.54 Å².